The first-order valence-electron chi connectivity index (χ1n) is 9.16. The molecule has 2 bridgehead atoms. The predicted octanol–water partition coefficient (Wildman–Crippen LogP) is 1.12. The van der Waals surface area contributed by atoms with Crippen LogP contribution in [0.4, 0.5) is 0 Å². The molecule has 0 aromatic carbocycles. The standard InChI is InChI=1S/C17H33N5/c1-3-17(6-4-5-7-17)14-20-16(18-2)19-12-15-13-21-8-10-22(15)11-9-21/h15H,3-14H2,1-2H3,(H2,18,19,20). The van der Waals surface area contributed by atoms with Crippen LogP contribution in [0, 0.1) is 5.41 Å². The number of nitrogens with zero attached hydrogens (tertiary/aromatic N) is 3. The van der Waals surface area contributed by atoms with E-state index in [0.29, 0.717) is 11.5 Å². The summed E-state index contributed by atoms with van der Waals surface area (Å²) in [5, 5.41) is 7.15. The van der Waals surface area contributed by atoms with Gasteiger partial charge in [-0.3, -0.25) is 14.8 Å². The third-order valence-corrected chi connectivity index (χ3v) is 6.17. The summed E-state index contributed by atoms with van der Waals surface area (Å²) in [4.78, 5) is 9.64. The molecule has 5 heteroatoms. The molecule has 0 amide bonds. The van der Waals surface area contributed by atoms with Crippen molar-refractivity contribution in [2.75, 3.05) is 52.9 Å². The monoisotopic (exact) mass is 307 g/mol. The summed E-state index contributed by atoms with van der Waals surface area (Å²) in [6, 6.07) is 0.646. The molecule has 1 atom stereocenters. The number of guanidine groups is 1. The van der Waals surface area contributed by atoms with E-state index in [2.05, 4.69) is 32.3 Å². The molecule has 4 aliphatic rings. The molecule has 1 unspecified atom stereocenters. The van der Waals surface area contributed by atoms with Gasteiger partial charge in [-0.05, 0) is 24.7 Å². The lowest BCUT2D eigenvalue weighted by Crippen LogP contribution is -2.64. The van der Waals surface area contributed by atoms with Gasteiger partial charge in [-0.15, -0.1) is 0 Å². The Morgan fingerprint density at radius 2 is 1.86 bits per heavy atom. The molecule has 1 aliphatic carbocycles. The van der Waals surface area contributed by atoms with Crippen molar-refractivity contribution in [1.29, 1.82) is 0 Å². The first-order chi connectivity index (χ1) is 10.7. The highest BCUT2D eigenvalue weighted by Gasteiger charge is 2.33. The third kappa shape index (κ3) is 3.57. The predicted molar refractivity (Wildman–Crippen MR) is 92.4 cm³/mol. The van der Waals surface area contributed by atoms with Crippen LogP contribution in [0.5, 0.6) is 0 Å². The number of hydrogen-bond donors (Lipinski definition) is 2. The van der Waals surface area contributed by atoms with Gasteiger partial charge in [-0.2, -0.15) is 0 Å². The Kier molecular flexibility index (Phi) is 5.24. The Morgan fingerprint density at radius 3 is 2.41 bits per heavy atom. The molecule has 4 rings (SSSR count). The molecule has 126 valence electrons. The van der Waals surface area contributed by atoms with E-state index >= 15 is 0 Å². The molecule has 2 N–H and O–H groups in total. The minimum Gasteiger partial charge on any atom is -0.356 e. The molecule has 3 heterocycles. The largest absolute Gasteiger partial charge is 0.356 e. The quantitative estimate of drug-likeness (QED) is 0.590. The first kappa shape index (κ1) is 16.1. The van der Waals surface area contributed by atoms with E-state index in [1.54, 1.807) is 0 Å². The normalized spacial score (nSPS) is 33.9. The van der Waals surface area contributed by atoms with Crippen molar-refractivity contribution in [3.05, 3.63) is 0 Å². The molecular formula is C17H33N5. The van der Waals surface area contributed by atoms with Crippen molar-refractivity contribution in [3.8, 4) is 0 Å². The molecular weight excluding hydrogens is 274 g/mol. The molecule has 4 fully saturated rings. The highest BCUT2D eigenvalue weighted by molar-refractivity contribution is 5.79. The SMILES string of the molecule is CCC1(CNC(=NC)NCC2CN3CCN2CC3)CCCC1. The van der Waals surface area contributed by atoms with Crippen LogP contribution in [-0.2, 0) is 0 Å². The lowest BCUT2D eigenvalue weighted by atomic mass is 9.83. The van der Waals surface area contributed by atoms with E-state index in [9.17, 15) is 0 Å². The van der Waals surface area contributed by atoms with E-state index in [1.807, 2.05) is 7.05 Å². The summed E-state index contributed by atoms with van der Waals surface area (Å²) in [7, 11) is 1.89. The minimum atomic E-state index is 0.511. The van der Waals surface area contributed by atoms with Crippen LogP contribution in [0.1, 0.15) is 39.0 Å². The van der Waals surface area contributed by atoms with E-state index in [0.717, 1.165) is 19.0 Å². The molecule has 5 nitrogen and oxygen atoms in total. The Balaban J connectivity index is 1.44. The van der Waals surface area contributed by atoms with Crippen LogP contribution in [0.15, 0.2) is 4.99 Å². The summed E-state index contributed by atoms with van der Waals surface area (Å²) in [5.74, 6) is 0.984. The second kappa shape index (κ2) is 7.18. The lowest BCUT2D eigenvalue weighted by Gasteiger charge is -2.47. The topological polar surface area (TPSA) is 42.9 Å². The average Bonchev–Trinajstić information content (AvgIpc) is 3.05. The average molecular weight is 307 g/mol. The smallest absolute Gasteiger partial charge is 0.191 e. The van der Waals surface area contributed by atoms with Gasteiger partial charge in [-0.1, -0.05) is 19.8 Å². The Bertz CT molecular complexity index is 381. The summed E-state index contributed by atoms with van der Waals surface area (Å²) in [6.07, 6.45) is 6.82. The van der Waals surface area contributed by atoms with Crippen molar-refractivity contribution >= 4 is 5.96 Å². The molecule has 0 radical (unpaired) electrons. The number of hydrogen-bond acceptors (Lipinski definition) is 3. The second-order valence-corrected chi connectivity index (χ2v) is 7.36. The number of aliphatic imine (C=N–C) groups is 1. The van der Waals surface area contributed by atoms with Crippen LogP contribution >= 0.6 is 0 Å². The highest BCUT2D eigenvalue weighted by Crippen LogP contribution is 2.40. The fraction of sp³-hybridized carbons (Fsp3) is 0.941. The van der Waals surface area contributed by atoms with Crippen LogP contribution in [0.25, 0.3) is 0 Å². The van der Waals surface area contributed by atoms with E-state index in [4.69, 9.17) is 0 Å². The zero-order chi connectivity index (χ0) is 15.4. The van der Waals surface area contributed by atoms with E-state index < -0.39 is 0 Å². The van der Waals surface area contributed by atoms with Gasteiger partial charge in [0.15, 0.2) is 5.96 Å². The molecule has 0 aromatic heterocycles. The van der Waals surface area contributed by atoms with Gasteiger partial charge in [0.1, 0.15) is 0 Å². The lowest BCUT2D eigenvalue weighted by molar-refractivity contribution is 0.0154. The molecule has 1 saturated carbocycles. The van der Waals surface area contributed by atoms with Crippen LogP contribution in [0.3, 0.4) is 0 Å². The number of fused-ring (bicyclic) bond motifs is 3. The Hall–Kier alpha value is -0.810. The van der Waals surface area contributed by atoms with E-state index in [1.165, 1.54) is 64.8 Å². The van der Waals surface area contributed by atoms with Gasteiger partial charge in [-0.25, -0.2) is 0 Å². The highest BCUT2D eigenvalue weighted by atomic mass is 15.4. The van der Waals surface area contributed by atoms with Gasteiger partial charge in [0.25, 0.3) is 0 Å². The summed E-state index contributed by atoms with van der Waals surface area (Å²) in [6.45, 7) is 10.6. The maximum absolute atomic E-state index is 4.42. The number of piperazine rings is 3. The third-order valence-electron chi connectivity index (χ3n) is 6.17. The molecule has 3 saturated heterocycles. The molecule has 22 heavy (non-hydrogen) atoms. The molecule has 3 aliphatic heterocycles. The van der Waals surface area contributed by atoms with Crippen LogP contribution in [-0.4, -0.2) is 74.7 Å². The van der Waals surface area contributed by atoms with Crippen molar-refractivity contribution in [3.63, 3.8) is 0 Å². The Labute approximate surface area is 135 Å². The van der Waals surface area contributed by atoms with Gasteiger partial charge < -0.3 is 10.6 Å². The second-order valence-electron chi connectivity index (χ2n) is 7.36. The molecule has 0 aromatic rings. The van der Waals surface area contributed by atoms with Crippen molar-refractivity contribution in [2.45, 2.75) is 45.1 Å². The van der Waals surface area contributed by atoms with Crippen LogP contribution < -0.4 is 10.6 Å². The number of nitrogens with one attached hydrogen (secondary N) is 2. The molecule has 0 spiro atoms. The maximum Gasteiger partial charge on any atom is 0.191 e. The zero-order valence-corrected chi connectivity index (χ0v) is 14.4. The summed E-state index contributed by atoms with van der Waals surface area (Å²) >= 11 is 0. The van der Waals surface area contributed by atoms with Crippen molar-refractivity contribution in [1.82, 2.24) is 20.4 Å². The van der Waals surface area contributed by atoms with Gasteiger partial charge in [0.05, 0.1) is 0 Å². The van der Waals surface area contributed by atoms with Gasteiger partial charge in [0, 0.05) is 58.9 Å². The van der Waals surface area contributed by atoms with Crippen LogP contribution in [0.2, 0.25) is 0 Å². The van der Waals surface area contributed by atoms with Gasteiger partial charge >= 0.3 is 0 Å². The van der Waals surface area contributed by atoms with E-state index in [-0.39, 0.29) is 0 Å². The zero-order valence-electron chi connectivity index (χ0n) is 14.4. The summed E-state index contributed by atoms with van der Waals surface area (Å²) < 4.78 is 0. The van der Waals surface area contributed by atoms with Crippen molar-refractivity contribution in [2.24, 2.45) is 10.4 Å². The fourth-order valence-electron chi connectivity index (χ4n) is 4.40. The number of rotatable bonds is 5. The van der Waals surface area contributed by atoms with Crippen molar-refractivity contribution < 1.29 is 0 Å². The first-order valence-corrected chi connectivity index (χ1v) is 9.16. The Morgan fingerprint density at radius 1 is 1.14 bits per heavy atom. The van der Waals surface area contributed by atoms with Gasteiger partial charge in [0.2, 0.25) is 0 Å². The maximum atomic E-state index is 4.42. The summed E-state index contributed by atoms with van der Waals surface area (Å²) in [5.41, 5.74) is 0.511. The minimum absolute atomic E-state index is 0.511. The fourth-order valence-corrected chi connectivity index (χ4v) is 4.40.